The first-order chi connectivity index (χ1) is 9.60. The number of hydrogen-bond acceptors (Lipinski definition) is 4. The Morgan fingerprint density at radius 1 is 1.35 bits per heavy atom. The Labute approximate surface area is 119 Å². The molecule has 5 nitrogen and oxygen atoms in total. The lowest BCUT2D eigenvalue weighted by molar-refractivity contribution is -0.385. The van der Waals surface area contributed by atoms with Crippen molar-refractivity contribution in [3.05, 3.63) is 27.9 Å². The molecule has 1 aromatic rings. The minimum Gasteiger partial charge on any atom is -0.370 e. The Morgan fingerprint density at radius 2 is 2.00 bits per heavy atom. The molecule has 0 saturated heterocycles. The van der Waals surface area contributed by atoms with Crippen LogP contribution in [0.2, 0.25) is 0 Å². The zero-order valence-electron chi connectivity index (χ0n) is 12.3. The van der Waals surface area contributed by atoms with E-state index in [1.165, 1.54) is 38.2 Å². The van der Waals surface area contributed by atoms with E-state index in [2.05, 4.69) is 17.2 Å². The minimum absolute atomic E-state index is 0.136. The summed E-state index contributed by atoms with van der Waals surface area (Å²) in [6.07, 6.45) is 7.97. The van der Waals surface area contributed by atoms with E-state index in [1.54, 1.807) is 13.1 Å². The molecule has 1 N–H and O–H groups in total. The fourth-order valence-electron chi connectivity index (χ4n) is 2.90. The zero-order valence-corrected chi connectivity index (χ0v) is 12.3. The van der Waals surface area contributed by atoms with Crippen LogP contribution in [-0.4, -0.2) is 16.5 Å². The van der Waals surface area contributed by atoms with E-state index in [0.717, 1.165) is 12.5 Å². The maximum Gasteiger partial charge on any atom is 0.277 e. The Kier molecular flexibility index (Phi) is 4.93. The summed E-state index contributed by atoms with van der Waals surface area (Å²) in [6, 6.07) is 1.53. The van der Waals surface area contributed by atoms with Gasteiger partial charge in [0, 0.05) is 18.3 Å². The van der Waals surface area contributed by atoms with Crippen molar-refractivity contribution in [3.8, 4) is 0 Å². The number of nitrogens with one attached hydrogen (secondary N) is 1. The van der Waals surface area contributed by atoms with Crippen LogP contribution in [0.15, 0.2) is 12.3 Å². The molecule has 1 aromatic heterocycles. The van der Waals surface area contributed by atoms with Crippen LogP contribution in [0.25, 0.3) is 0 Å². The molecule has 0 bridgehead atoms. The highest BCUT2D eigenvalue weighted by molar-refractivity contribution is 5.48. The Bertz CT molecular complexity index is 468. The van der Waals surface area contributed by atoms with E-state index in [-0.39, 0.29) is 10.6 Å². The van der Waals surface area contributed by atoms with Crippen molar-refractivity contribution < 1.29 is 4.92 Å². The van der Waals surface area contributed by atoms with Crippen LogP contribution >= 0.6 is 0 Å². The SMILES string of the molecule is CCC1CCC(CNc2cc([N+](=O)[O-])c(C)cn2)CC1. The van der Waals surface area contributed by atoms with Crippen LogP contribution in [0.1, 0.15) is 44.6 Å². The summed E-state index contributed by atoms with van der Waals surface area (Å²) in [5.41, 5.74) is 0.737. The molecule has 0 atom stereocenters. The lowest BCUT2D eigenvalue weighted by Crippen LogP contribution is -2.21. The van der Waals surface area contributed by atoms with Gasteiger partial charge in [0.25, 0.3) is 5.69 Å². The van der Waals surface area contributed by atoms with Gasteiger partial charge >= 0.3 is 0 Å². The highest BCUT2D eigenvalue weighted by Crippen LogP contribution is 2.30. The number of nitrogens with zero attached hydrogens (tertiary/aromatic N) is 2. The first kappa shape index (κ1) is 14.8. The van der Waals surface area contributed by atoms with Gasteiger partial charge in [0.15, 0.2) is 0 Å². The third-order valence-corrected chi connectivity index (χ3v) is 4.39. The van der Waals surface area contributed by atoms with Crippen LogP contribution in [0, 0.1) is 28.9 Å². The van der Waals surface area contributed by atoms with Gasteiger partial charge in [-0.05, 0) is 31.6 Å². The van der Waals surface area contributed by atoms with Crippen LogP contribution in [0.4, 0.5) is 11.5 Å². The highest BCUT2D eigenvalue weighted by Gasteiger charge is 2.20. The van der Waals surface area contributed by atoms with Crippen molar-refractivity contribution in [1.29, 1.82) is 0 Å². The molecule has 110 valence electrons. The molecule has 20 heavy (non-hydrogen) atoms. The van der Waals surface area contributed by atoms with Gasteiger partial charge < -0.3 is 5.32 Å². The van der Waals surface area contributed by atoms with Crippen molar-refractivity contribution in [2.75, 3.05) is 11.9 Å². The standard InChI is InChI=1S/C15H23N3O2/c1-3-12-4-6-13(7-5-12)10-17-15-8-14(18(19)20)11(2)9-16-15/h8-9,12-13H,3-7,10H2,1-2H3,(H,16,17). The lowest BCUT2D eigenvalue weighted by Gasteiger charge is -2.27. The Balaban J connectivity index is 1.88. The molecule has 0 spiro atoms. The topological polar surface area (TPSA) is 68.1 Å². The third kappa shape index (κ3) is 3.68. The van der Waals surface area contributed by atoms with E-state index in [9.17, 15) is 10.1 Å². The van der Waals surface area contributed by atoms with Crippen molar-refractivity contribution in [2.24, 2.45) is 11.8 Å². The summed E-state index contributed by atoms with van der Waals surface area (Å²) < 4.78 is 0. The average Bonchev–Trinajstić information content (AvgIpc) is 2.46. The molecule has 0 unspecified atom stereocenters. The molecule has 0 radical (unpaired) electrons. The van der Waals surface area contributed by atoms with E-state index >= 15 is 0 Å². The first-order valence-corrected chi connectivity index (χ1v) is 7.45. The number of hydrogen-bond donors (Lipinski definition) is 1. The second kappa shape index (κ2) is 6.68. The maximum absolute atomic E-state index is 10.9. The molecule has 1 fully saturated rings. The maximum atomic E-state index is 10.9. The Hall–Kier alpha value is -1.65. The number of anilines is 1. The van der Waals surface area contributed by atoms with Gasteiger partial charge in [0.2, 0.25) is 0 Å². The zero-order chi connectivity index (χ0) is 14.5. The van der Waals surface area contributed by atoms with E-state index in [1.807, 2.05) is 0 Å². The highest BCUT2D eigenvalue weighted by atomic mass is 16.6. The number of aryl methyl sites for hydroxylation is 1. The fraction of sp³-hybridized carbons (Fsp3) is 0.667. The number of rotatable bonds is 5. The first-order valence-electron chi connectivity index (χ1n) is 7.45. The normalized spacial score (nSPS) is 22.5. The van der Waals surface area contributed by atoms with E-state index in [0.29, 0.717) is 17.3 Å². The lowest BCUT2D eigenvalue weighted by atomic mass is 9.81. The van der Waals surface area contributed by atoms with Crippen LogP contribution < -0.4 is 5.32 Å². The van der Waals surface area contributed by atoms with Gasteiger partial charge in [-0.2, -0.15) is 0 Å². The largest absolute Gasteiger partial charge is 0.370 e. The fourth-order valence-corrected chi connectivity index (χ4v) is 2.90. The van der Waals surface area contributed by atoms with Crippen molar-refractivity contribution >= 4 is 11.5 Å². The second-order valence-electron chi connectivity index (χ2n) is 5.79. The molecule has 1 saturated carbocycles. The number of pyridine rings is 1. The summed E-state index contributed by atoms with van der Waals surface area (Å²) in [6.45, 7) is 4.84. The van der Waals surface area contributed by atoms with Gasteiger partial charge in [0.1, 0.15) is 5.82 Å². The predicted octanol–water partition coefficient (Wildman–Crippen LogP) is 3.93. The van der Waals surface area contributed by atoms with Crippen LogP contribution in [-0.2, 0) is 0 Å². The van der Waals surface area contributed by atoms with Gasteiger partial charge in [-0.3, -0.25) is 10.1 Å². The van der Waals surface area contributed by atoms with Gasteiger partial charge in [-0.15, -0.1) is 0 Å². The molecule has 5 heteroatoms. The minimum atomic E-state index is -0.353. The molecule has 1 aliphatic carbocycles. The van der Waals surface area contributed by atoms with Gasteiger partial charge in [-0.25, -0.2) is 4.98 Å². The molecule has 1 aliphatic rings. The number of nitro groups is 1. The Morgan fingerprint density at radius 3 is 2.60 bits per heavy atom. The molecular formula is C15H23N3O2. The monoisotopic (exact) mass is 277 g/mol. The summed E-state index contributed by atoms with van der Waals surface area (Å²) in [4.78, 5) is 14.8. The van der Waals surface area contributed by atoms with Gasteiger partial charge in [-0.1, -0.05) is 26.2 Å². The van der Waals surface area contributed by atoms with Crippen molar-refractivity contribution in [3.63, 3.8) is 0 Å². The summed E-state index contributed by atoms with van der Waals surface area (Å²) >= 11 is 0. The summed E-state index contributed by atoms with van der Waals surface area (Å²) in [5, 5.41) is 14.2. The molecule has 0 aromatic carbocycles. The van der Waals surface area contributed by atoms with Crippen LogP contribution in [0.3, 0.4) is 0 Å². The average molecular weight is 277 g/mol. The predicted molar refractivity (Wildman–Crippen MR) is 79.9 cm³/mol. The van der Waals surface area contributed by atoms with E-state index in [4.69, 9.17) is 0 Å². The number of aromatic nitrogens is 1. The van der Waals surface area contributed by atoms with Crippen LogP contribution in [0.5, 0.6) is 0 Å². The van der Waals surface area contributed by atoms with Crippen molar-refractivity contribution in [1.82, 2.24) is 4.98 Å². The van der Waals surface area contributed by atoms with Gasteiger partial charge in [0.05, 0.1) is 11.0 Å². The van der Waals surface area contributed by atoms with Crippen molar-refractivity contribution in [2.45, 2.75) is 46.0 Å². The molecule has 0 amide bonds. The smallest absolute Gasteiger partial charge is 0.277 e. The molecule has 0 aliphatic heterocycles. The molecular weight excluding hydrogens is 254 g/mol. The summed E-state index contributed by atoms with van der Waals surface area (Å²) in [7, 11) is 0. The quantitative estimate of drug-likeness (QED) is 0.654. The van der Waals surface area contributed by atoms with E-state index < -0.39 is 0 Å². The molecule has 1 heterocycles. The molecule has 2 rings (SSSR count). The third-order valence-electron chi connectivity index (χ3n) is 4.39. The summed E-state index contributed by atoms with van der Waals surface area (Å²) in [5.74, 6) is 2.17. The second-order valence-corrected chi connectivity index (χ2v) is 5.79.